The third-order valence-electron chi connectivity index (χ3n) is 7.12. The van der Waals surface area contributed by atoms with E-state index in [1.165, 1.54) is 12.7 Å². The molecule has 0 spiro atoms. The Hall–Kier alpha value is -1.03. The van der Waals surface area contributed by atoms with Crippen LogP contribution < -0.4 is 0 Å². The maximum absolute atomic E-state index is 13.4. The summed E-state index contributed by atoms with van der Waals surface area (Å²) >= 11 is 0. The first-order valence-electron chi connectivity index (χ1n) is 12.1. The Morgan fingerprint density at radius 3 is 2.15 bits per heavy atom. The molecule has 0 amide bonds. The predicted molar refractivity (Wildman–Crippen MR) is 141 cm³/mol. The van der Waals surface area contributed by atoms with Gasteiger partial charge in [-0.2, -0.15) is 0 Å². The molecule has 0 aromatic heterocycles. The third kappa shape index (κ3) is 7.74. The summed E-state index contributed by atoms with van der Waals surface area (Å²) in [5, 5.41) is 0.146. The van der Waals surface area contributed by atoms with Crippen LogP contribution in [0.1, 0.15) is 60.8 Å². The van der Waals surface area contributed by atoms with Crippen molar-refractivity contribution < 1.29 is 23.2 Å². The third-order valence-corrected chi connectivity index (χ3v) is 12.6. The van der Waals surface area contributed by atoms with E-state index in [1.807, 2.05) is 26.6 Å². The topological polar surface area (TPSA) is 61.8 Å². The molecule has 0 unspecified atom stereocenters. The Morgan fingerprint density at radius 1 is 1.15 bits per heavy atom. The number of Topliss-reactive ketones (excluding diaryl/α,β-unsaturated/α-hetero) is 1. The van der Waals surface area contributed by atoms with Crippen molar-refractivity contribution in [3.05, 3.63) is 23.8 Å². The van der Waals surface area contributed by atoms with Crippen molar-refractivity contribution in [3.63, 3.8) is 0 Å². The maximum Gasteiger partial charge on any atom is 0.344 e. The lowest BCUT2D eigenvalue weighted by Gasteiger charge is -2.42. The lowest BCUT2D eigenvalue weighted by atomic mass is 9.79. The first-order chi connectivity index (χ1) is 14.7. The van der Waals surface area contributed by atoms with Gasteiger partial charge in [0.05, 0.1) is 13.2 Å². The van der Waals surface area contributed by atoms with Crippen LogP contribution in [0.2, 0.25) is 37.8 Å². The molecule has 0 aliphatic heterocycles. The van der Waals surface area contributed by atoms with E-state index < -0.39 is 34.1 Å². The number of rotatable bonds is 10. The Bertz CT molecular complexity index is 773. The van der Waals surface area contributed by atoms with E-state index in [1.54, 1.807) is 6.92 Å². The lowest BCUT2D eigenvalue weighted by Crippen LogP contribution is -2.54. The largest absolute Gasteiger partial charge is 0.467 e. The molecule has 7 heteroatoms. The van der Waals surface area contributed by atoms with Crippen LogP contribution in [-0.2, 0) is 23.2 Å². The highest BCUT2D eigenvalue weighted by atomic mass is 28.4. The van der Waals surface area contributed by atoms with E-state index in [-0.39, 0.29) is 22.8 Å². The summed E-state index contributed by atoms with van der Waals surface area (Å²) in [6.45, 7) is 27.1. The van der Waals surface area contributed by atoms with Crippen molar-refractivity contribution in [1.29, 1.82) is 0 Å². The highest BCUT2D eigenvalue weighted by Crippen LogP contribution is 2.41. The van der Waals surface area contributed by atoms with Crippen molar-refractivity contribution >= 4 is 28.4 Å². The molecule has 0 bridgehead atoms. The second kappa shape index (κ2) is 10.7. The fourth-order valence-electron chi connectivity index (χ4n) is 4.13. The molecule has 0 aromatic carbocycles. The first kappa shape index (κ1) is 30.0. The van der Waals surface area contributed by atoms with Gasteiger partial charge in [-0.15, -0.1) is 0 Å². The molecule has 1 rings (SSSR count). The van der Waals surface area contributed by atoms with Crippen molar-refractivity contribution in [2.45, 2.75) is 110 Å². The van der Waals surface area contributed by atoms with Crippen LogP contribution in [0.25, 0.3) is 0 Å². The number of allylic oxidation sites excluding steroid dienone is 2. The first-order valence-corrected chi connectivity index (χ1v) is 18.4. The molecule has 1 aliphatic rings. The summed E-state index contributed by atoms with van der Waals surface area (Å²) in [5.74, 6) is -1.02. The summed E-state index contributed by atoms with van der Waals surface area (Å²) in [4.78, 5) is 25.9. The zero-order chi connectivity index (χ0) is 26.0. The van der Waals surface area contributed by atoms with Gasteiger partial charge in [-0.1, -0.05) is 45.9 Å². The van der Waals surface area contributed by atoms with Crippen LogP contribution in [0, 0.1) is 11.8 Å². The fraction of sp³-hybridized carbons (Fsp3) is 0.769. The maximum atomic E-state index is 13.4. The Kier molecular flexibility index (Phi) is 9.74. The van der Waals surface area contributed by atoms with Gasteiger partial charge in [0.15, 0.2) is 22.4 Å². The number of carbonyl (C=O) groups excluding carboxylic acids is 2. The summed E-state index contributed by atoms with van der Waals surface area (Å²) < 4.78 is 17.7. The minimum Gasteiger partial charge on any atom is -0.467 e. The molecule has 33 heavy (non-hydrogen) atoms. The van der Waals surface area contributed by atoms with Crippen LogP contribution in [0.3, 0.4) is 0 Å². The second-order valence-electron chi connectivity index (χ2n) is 12.4. The minimum absolute atomic E-state index is 0.0861. The van der Waals surface area contributed by atoms with Gasteiger partial charge in [0.25, 0.3) is 0 Å². The zero-order valence-corrected chi connectivity index (χ0v) is 25.2. The summed E-state index contributed by atoms with van der Waals surface area (Å²) in [6.07, 6.45) is 4.65. The van der Waals surface area contributed by atoms with Gasteiger partial charge in [0.1, 0.15) is 0 Å². The van der Waals surface area contributed by atoms with Gasteiger partial charge in [-0.25, -0.2) is 4.79 Å². The van der Waals surface area contributed by atoms with Gasteiger partial charge in [-0.05, 0) is 82.4 Å². The van der Waals surface area contributed by atoms with E-state index in [0.29, 0.717) is 6.42 Å². The van der Waals surface area contributed by atoms with Crippen LogP contribution in [0.5, 0.6) is 0 Å². The van der Waals surface area contributed by atoms with Crippen molar-refractivity contribution in [3.8, 4) is 0 Å². The molecule has 0 aromatic rings. The minimum atomic E-state index is -2.17. The van der Waals surface area contributed by atoms with Gasteiger partial charge in [-0.3, -0.25) is 4.79 Å². The van der Waals surface area contributed by atoms with E-state index >= 15 is 0 Å². The van der Waals surface area contributed by atoms with Crippen molar-refractivity contribution in [2.75, 3.05) is 7.11 Å². The molecule has 0 N–H and O–H groups in total. The number of carbonyl (C=O) groups is 2. The second-order valence-corrected chi connectivity index (χ2v) is 21.5. The molecular weight excluding hydrogens is 448 g/mol. The lowest BCUT2D eigenvalue weighted by molar-refractivity contribution is -0.165. The Labute approximate surface area is 204 Å². The van der Waals surface area contributed by atoms with Crippen molar-refractivity contribution in [1.82, 2.24) is 0 Å². The average molecular weight is 497 g/mol. The fourth-order valence-corrected chi connectivity index (χ4v) is 6.89. The highest BCUT2D eigenvalue weighted by molar-refractivity contribution is 6.74. The number of hydrogen-bond acceptors (Lipinski definition) is 5. The van der Waals surface area contributed by atoms with Crippen LogP contribution in [-0.4, -0.2) is 47.2 Å². The van der Waals surface area contributed by atoms with E-state index in [9.17, 15) is 9.59 Å². The smallest absolute Gasteiger partial charge is 0.344 e. The molecule has 0 heterocycles. The van der Waals surface area contributed by atoms with E-state index in [0.717, 1.165) is 18.4 Å². The van der Waals surface area contributed by atoms with Gasteiger partial charge in [0.2, 0.25) is 5.60 Å². The van der Waals surface area contributed by atoms with E-state index in [4.69, 9.17) is 13.6 Å². The number of ketones is 1. The number of hydrogen-bond donors (Lipinski definition) is 0. The molecule has 1 aliphatic carbocycles. The Balaban J connectivity index is 2.97. The normalized spacial score (nSPS) is 22.7. The number of methoxy groups -OCH3 is 1. The van der Waals surface area contributed by atoms with E-state index in [2.05, 4.69) is 53.4 Å². The van der Waals surface area contributed by atoms with Crippen LogP contribution in [0.4, 0.5) is 0 Å². The molecule has 0 saturated carbocycles. The summed E-state index contributed by atoms with van der Waals surface area (Å²) in [6, 6.07) is 0. The molecule has 190 valence electrons. The molecule has 0 saturated heterocycles. The summed E-state index contributed by atoms with van der Waals surface area (Å²) in [5.41, 5.74) is 0.731. The number of esters is 1. The monoisotopic (exact) mass is 496 g/mol. The predicted octanol–water partition coefficient (Wildman–Crippen LogP) is 6.67. The zero-order valence-electron chi connectivity index (χ0n) is 23.2. The van der Waals surface area contributed by atoms with Gasteiger partial charge >= 0.3 is 5.97 Å². The summed E-state index contributed by atoms with van der Waals surface area (Å²) in [7, 11) is -2.78. The molecule has 0 radical (unpaired) electrons. The SMILES string of the molecule is C=C(C[C@@H](C)C(=O)[C@](C)(O[Si](C)(C)C)C(=O)OC)[C@@H]1CC=C(C)[C@H](O[Si](C)(C)C(C)(C)C)C1. The van der Waals surface area contributed by atoms with Gasteiger partial charge < -0.3 is 13.6 Å². The Morgan fingerprint density at radius 2 is 1.70 bits per heavy atom. The van der Waals surface area contributed by atoms with Gasteiger partial charge in [0, 0.05) is 5.92 Å². The average Bonchev–Trinajstić information content (AvgIpc) is 2.65. The molecular formula is C26H48O5Si2. The molecule has 0 fully saturated rings. The molecule has 4 atom stereocenters. The standard InChI is InChI=1S/C26H48O5Si2/c1-18-14-15-21(17-22(18)30-33(12,13)25(4,5)6)19(2)16-20(3)23(27)26(7,24(28)29-8)31-32(9,10)11/h14,20-22H,2,15-17H2,1,3-13H3/t20-,21-,22-,26+/m1/s1. The quantitative estimate of drug-likeness (QED) is 0.146. The van der Waals surface area contributed by atoms with Crippen molar-refractivity contribution in [2.24, 2.45) is 11.8 Å². The van der Waals surface area contributed by atoms with Crippen LogP contribution >= 0.6 is 0 Å². The highest BCUT2D eigenvalue weighted by Gasteiger charge is 2.48. The number of ether oxygens (including phenoxy) is 1. The van der Waals surface area contributed by atoms with Crippen LogP contribution in [0.15, 0.2) is 23.8 Å². The molecule has 5 nitrogen and oxygen atoms in total.